The number of hydrogen-bond donors (Lipinski definition) is 0. The lowest BCUT2D eigenvalue weighted by Crippen LogP contribution is -2.06. The lowest BCUT2D eigenvalue weighted by Gasteiger charge is -2.23. The molecule has 0 radical (unpaired) electrons. The first kappa shape index (κ1) is 11.1. The molecule has 0 saturated carbocycles. The average molecular weight is 240 g/mol. The van der Waals surface area contributed by atoms with Crippen molar-refractivity contribution in [2.45, 2.75) is 12.8 Å². The summed E-state index contributed by atoms with van der Waals surface area (Å²) in [5, 5.41) is 0. The van der Waals surface area contributed by atoms with Crippen LogP contribution in [0.25, 0.3) is 11.1 Å². The predicted molar refractivity (Wildman–Crippen MR) is 72.4 cm³/mol. The molecule has 1 aliphatic rings. The summed E-state index contributed by atoms with van der Waals surface area (Å²) in [7, 11) is 3.39. The topological polar surface area (TPSA) is 18.5 Å². The third-order valence-corrected chi connectivity index (χ3v) is 3.60. The maximum Gasteiger partial charge on any atom is 0.164 e. The molecule has 92 valence electrons. The van der Waals surface area contributed by atoms with E-state index in [4.69, 9.17) is 9.47 Å². The molecular weight excluding hydrogens is 224 g/mol. The Labute approximate surface area is 107 Å². The SMILES string of the molecule is COc1ccc2c(c1OC)CCc1ccccc1-2. The van der Waals surface area contributed by atoms with Gasteiger partial charge in [-0.15, -0.1) is 0 Å². The van der Waals surface area contributed by atoms with Crippen LogP contribution in [0.3, 0.4) is 0 Å². The van der Waals surface area contributed by atoms with Crippen LogP contribution in [0.5, 0.6) is 11.5 Å². The number of methoxy groups -OCH3 is 2. The highest BCUT2D eigenvalue weighted by Gasteiger charge is 2.21. The molecule has 0 aromatic heterocycles. The van der Waals surface area contributed by atoms with E-state index in [1.807, 2.05) is 6.07 Å². The number of hydrogen-bond acceptors (Lipinski definition) is 2. The molecule has 18 heavy (non-hydrogen) atoms. The van der Waals surface area contributed by atoms with E-state index in [0.717, 1.165) is 24.3 Å². The lowest BCUT2D eigenvalue weighted by atomic mass is 9.85. The molecule has 0 aliphatic heterocycles. The van der Waals surface area contributed by atoms with Gasteiger partial charge in [0.1, 0.15) is 0 Å². The lowest BCUT2D eigenvalue weighted by molar-refractivity contribution is 0.351. The summed E-state index contributed by atoms with van der Waals surface area (Å²) in [6.45, 7) is 0. The summed E-state index contributed by atoms with van der Waals surface area (Å²) in [5.41, 5.74) is 5.27. The summed E-state index contributed by atoms with van der Waals surface area (Å²) in [6, 6.07) is 12.7. The van der Waals surface area contributed by atoms with Gasteiger partial charge >= 0.3 is 0 Å². The van der Waals surface area contributed by atoms with Gasteiger partial charge in [-0.3, -0.25) is 0 Å². The van der Waals surface area contributed by atoms with E-state index in [2.05, 4.69) is 30.3 Å². The van der Waals surface area contributed by atoms with Crippen LogP contribution in [-0.4, -0.2) is 14.2 Å². The van der Waals surface area contributed by atoms with Crippen molar-refractivity contribution in [1.82, 2.24) is 0 Å². The van der Waals surface area contributed by atoms with Gasteiger partial charge in [0.2, 0.25) is 0 Å². The molecule has 2 aromatic carbocycles. The third-order valence-electron chi connectivity index (χ3n) is 3.60. The van der Waals surface area contributed by atoms with E-state index in [0.29, 0.717) is 0 Å². The van der Waals surface area contributed by atoms with Crippen molar-refractivity contribution in [3.63, 3.8) is 0 Å². The Bertz CT molecular complexity index is 588. The highest BCUT2D eigenvalue weighted by atomic mass is 16.5. The van der Waals surface area contributed by atoms with Crippen LogP contribution in [0, 0.1) is 0 Å². The quantitative estimate of drug-likeness (QED) is 0.800. The first-order valence-corrected chi connectivity index (χ1v) is 6.17. The molecule has 1 aliphatic carbocycles. The molecule has 2 aromatic rings. The van der Waals surface area contributed by atoms with Crippen molar-refractivity contribution in [2.75, 3.05) is 14.2 Å². The monoisotopic (exact) mass is 240 g/mol. The van der Waals surface area contributed by atoms with Crippen LogP contribution in [0.1, 0.15) is 11.1 Å². The first-order valence-electron chi connectivity index (χ1n) is 6.17. The van der Waals surface area contributed by atoms with Crippen molar-refractivity contribution in [1.29, 1.82) is 0 Å². The van der Waals surface area contributed by atoms with E-state index in [1.165, 1.54) is 22.3 Å². The zero-order valence-corrected chi connectivity index (χ0v) is 10.7. The second kappa shape index (κ2) is 4.37. The molecule has 0 saturated heterocycles. The van der Waals surface area contributed by atoms with Crippen molar-refractivity contribution >= 4 is 0 Å². The molecule has 0 amide bonds. The summed E-state index contributed by atoms with van der Waals surface area (Å²) >= 11 is 0. The predicted octanol–water partition coefficient (Wildman–Crippen LogP) is 3.47. The molecule has 0 heterocycles. The minimum absolute atomic E-state index is 0.815. The Morgan fingerprint density at radius 1 is 0.833 bits per heavy atom. The van der Waals surface area contributed by atoms with Gasteiger partial charge in [0.05, 0.1) is 14.2 Å². The van der Waals surface area contributed by atoms with E-state index in [9.17, 15) is 0 Å². The van der Waals surface area contributed by atoms with Crippen molar-refractivity contribution in [3.8, 4) is 22.6 Å². The normalized spacial score (nSPS) is 12.6. The molecular formula is C16H16O2. The van der Waals surface area contributed by atoms with Gasteiger partial charge in [-0.25, -0.2) is 0 Å². The molecule has 0 spiro atoms. The fourth-order valence-electron chi connectivity index (χ4n) is 2.75. The maximum atomic E-state index is 5.52. The number of rotatable bonds is 2. The smallest absolute Gasteiger partial charge is 0.164 e. The zero-order valence-electron chi connectivity index (χ0n) is 10.7. The van der Waals surface area contributed by atoms with Gasteiger partial charge in [-0.05, 0) is 35.6 Å². The Kier molecular flexibility index (Phi) is 2.71. The molecule has 0 N–H and O–H groups in total. The highest BCUT2D eigenvalue weighted by molar-refractivity contribution is 5.77. The summed E-state index contributed by atoms with van der Waals surface area (Å²) < 4.78 is 10.9. The van der Waals surface area contributed by atoms with E-state index >= 15 is 0 Å². The van der Waals surface area contributed by atoms with Crippen molar-refractivity contribution in [3.05, 3.63) is 47.5 Å². The fourth-order valence-corrected chi connectivity index (χ4v) is 2.75. The Hall–Kier alpha value is -1.96. The highest BCUT2D eigenvalue weighted by Crippen LogP contribution is 2.42. The van der Waals surface area contributed by atoms with Crippen molar-refractivity contribution < 1.29 is 9.47 Å². The first-order chi connectivity index (χ1) is 8.85. The van der Waals surface area contributed by atoms with E-state index in [1.54, 1.807) is 14.2 Å². The largest absolute Gasteiger partial charge is 0.493 e. The standard InChI is InChI=1S/C16H16O2/c1-17-15-10-9-13-12-6-4-3-5-11(12)7-8-14(13)16(15)18-2/h3-6,9-10H,7-8H2,1-2H3. The Morgan fingerprint density at radius 3 is 2.44 bits per heavy atom. The van der Waals surface area contributed by atoms with Crippen LogP contribution in [0.2, 0.25) is 0 Å². The number of benzene rings is 2. The van der Waals surface area contributed by atoms with Gasteiger partial charge < -0.3 is 9.47 Å². The van der Waals surface area contributed by atoms with Crippen LogP contribution >= 0.6 is 0 Å². The zero-order chi connectivity index (χ0) is 12.5. The minimum Gasteiger partial charge on any atom is -0.493 e. The molecule has 0 fully saturated rings. The van der Waals surface area contributed by atoms with Gasteiger partial charge in [-0.1, -0.05) is 30.3 Å². The van der Waals surface area contributed by atoms with Crippen LogP contribution in [-0.2, 0) is 12.8 Å². The van der Waals surface area contributed by atoms with Crippen LogP contribution in [0.15, 0.2) is 36.4 Å². The molecule has 3 rings (SSSR count). The Balaban J connectivity index is 2.24. The summed E-state index contributed by atoms with van der Waals surface area (Å²) in [4.78, 5) is 0. The second-order valence-corrected chi connectivity index (χ2v) is 4.48. The molecule has 2 heteroatoms. The fraction of sp³-hybridized carbons (Fsp3) is 0.250. The van der Waals surface area contributed by atoms with E-state index < -0.39 is 0 Å². The molecule has 0 bridgehead atoms. The number of aryl methyl sites for hydroxylation is 1. The third kappa shape index (κ3) is 1.57. The Morgan fingerprint density at radius 2 is 1.67 bits per heavy atom. The number of fused-ring (bicyclic) bond motifs is 3. The molecule has 0 unspecified atom stereocenters. The maximum absolute atomic E-state index is 5.52. The summed E-state index contributed by atoms with van der Waals surface area (Å²) in [6.07, 6.45) is 2.07. The molecule has 0 atom stereocenters. The molecule has 2 nitrogen and oxygen atoms in total. The van der Waals surface area contributed by atoms with Crippen LogP contribution < -0.4 is 9.47 Å². The van der Waals surface area contributed by atoms with E-state index in [-0.39, 0.29) is 0 Å². The van der Waals surface area contributed by atoms with Crippen LogP contribution in [0.4, 0.5) is 0 Å². The minimum atomic E-state index is 0.815. The van der Waals surface area contributed by atoms with Gasteiger partial charge in [-0.2, -0.15) is 0 Å². The van der Waals surface area contributed by atoms with Crippen molar-refractivity contribution in [2.24, 2.45) is 0 Å². The second-order valence-electron chi connectivity index (χ2n) is 4.48. The average Bonchev–Trinajstić information content (AvgIpc) is 2.45. The van der Waals surface area contributed by atoms with Gasteiger partial charge in [0.15, 0.2) is 11.5 Å². The van der Waals surface area contributed by atoms with Gasteiger partial charge in [0.25, 0.3) is 0 Å². The van der Waals surface area contributed by atoms with Gasteiger partial charge in [0, 0.05) is 5.56 Å². The number of ether oxygens (including phenoxy) is 2. The summed E-state index contributed by atoms with van der Waals surface area (Å²) in [5.74, 6) is 1.69.